The Hall–Kier alpha value is -4.37. The minimum absolute atomic E-state index is 0.150. The number of aromatic nitrogens is 2. The Morgan fingerprint density at radius 1 is 1.11 bits per heavy atom. The van der Waals surface area contributed by atoms with Gasteiger partial charge in [0.1, 0.15) is 18.5 Å². The van der Waals surface area contributed by atoms with Crippen LogP contribution in [0, 0.1) is 6.57 Å². The molecular formula is C33H36F3N7O2. The number of hydrogen-bond donors (Lipinski definition) is 0. The molecule has 2 fully saturated rings. The van der Waals surface area contributed by atoms with E-state index in [-0.39, 0.29) is 42.5 Å². The molecule has 2 atom stereocenters. The average molecular weight is 620 g/mol. The first-order chi connectivity index (χ1) is 21.7. The highest BCUT2D eigenvalue weighted by Gasteiger charge is 2.37. The molecule has 0 N–H and O–H groups in total. The second kappa shape index (κ2) is 12.6. The highest BCUT2D eigenvalue weighted by atomic mass is 19.4. The summed E-state index contributed by atoms with van der Waals surface area (Å²) in [5.41, 5.74) is 1.47. The Balaban J connectivity index is 1.36. The zero-order chi connectivity index (χ0) is 31.7. The molecule has 2 aromatic carbocycles. The molecule has 6 rings (SSSR count). The van der Waals surface area contributed by atoms with E-state index < -0.39 is 11.7 Å². The number of halogens is 3. The first-order valence-electron chi connectivity index (χ1n) is 15.3. The third-order valence-electron chi connectivity index (χ3n) is 9.17. The van der Waals surface area contributed by atoms with Crippen LogP contribution in [0.5, 0.6) is 6.01 Å². The summed E-state index contributed by atoms with van der Waals surface area (Å²) >= 11 is 0. The van der Waals surface area contributed by atoms with Gasteiger partial charge in [-0.2, -0.15) is 23.1 Å². The third kappa shape index (κ3) is 6.14. The van der Waals surface area contributed by atoms with E-state index in [1.807, 2.05) is 4.90 Å². The largest absolute Gasteiger partial charge is 0.462 e. The number of carbonyl (C=O) groups is 1. The van der Waals surface area contributed by atoms with Crippen LogP contribution in [0.1, 0.15) is 29.7 Å². The number of rotatable bonds is 7. The molecule has 9 nitrogen and oxygen atoms in total. The number of hydrogen-bond acceptors (Lipinski definition) is 7. The van der Waals surface area contributed by atoms with Crippen LogP contribution >= 0.6 is 0 Å². The molecule has 236 valence electrons. The van der Waals surface area contributed by atoms with E-state index in [1.165, 1.54) is 12.1 Å². The summed E-state index contributed by atoms with van der Waals surface area (Å²) in [5.74, 6) is 0.491. The molecule has 4 heterocycles. The number of likely N-dealkylation sites (N-methyl/N-ethyl adjacent to an activating group) is 1. The molecule has 0 radical (unpaired) electrons. The summed E-state index contributed by atoms with van der Waals surface area (Å²) in [7, 11) is 2.07. The fourth-order valence-electron chi connectivity index (χ4n) is 6.82. The van der Waals surface area contributed by atoms with Gasteiger partial charge in [0, 0.05) is 48.9 Å². The van der Waals surface area contributed by atoms with Gasteiger partial charge in [0.25, 0.3) is 0 Å². The fraction of sp³-hybridized carbons (Fsp3) is 0.455. The summed E-state index contributed by atoms with van der Waals surface area (Å²) in [6.07, 6.45) is -0.597. The maximum absolute atomic E-state index is 14.1. The number of fused-ring (bicyclic) bond motifs is 2. The van der Waals surface area contributed by atoms with E-state index >= 15 is 0 Å². The maximum Gasteiger partial charge on any atom is 0.417 e. The first-order valence-corrected chi connectivity index (χ1v) is 15.3. The molecule has 1 amide bonds. The van der Waals surface area contributed by atoms with Gasteiger partial charge in [-0.05, 0) is 56.4 Å². The third-order valence-corrected chi connectivity index (χ3v) is 9.17. The van der Waals surface area contributed by atoms with Gasteiger partial charge in [0.05, 0.1) is 17.8 Å². The maximum atomic E-state index is 14.1. The number of alkyl halides is 3. The van der Waals surface area contributed by atoms with Gasteiger partial charge in [-0.3, -0.25) is 4.79 Å². The van der Waals surface area contributed by atoms with Crippen molar-refractivity contribution in [3.05, 3.63) is 77.3 Å². The second-order valence-corrected chi connectivity index (χ2v) is 11.9. The standard InChI is InChI=1S/C33H36F3N7O2/c1-4-29(44)43-17-16-42(19-24(43)18-37-2)31-25-13-15-41(20-27(25)38-32(39-31)45-21-23-10-7-14-40(23)3)28-12-6-9-22-8-5-11-26(30(22)28)33(34,35)36/h4-6,8-9,11-12,23-24H,1,7,10,13-21H2,3H3/t23-,24-/m0/s1. The van der Waals surface area contributed by atoms with Crippen molar-refractivity contribution in [2.75, 3.05) is 62.7 Å². The Kier molecular flexibility index (Phi) is 8.55. The molecule has 0 unspecified atom stereocenters. The first kappa shape index (κ1) is 30.6. The van der Waals surface area contributed by atoms with E-state index in [2.05, 4.69) is 28.3 Å². The van der Waals surface area contributed by atoms with Crippen LogP contribution in [-0.4, -0.2) is 90.7 Å². The molecule has 0 saturated carbocycles. The van der Waals surface area contributed by atoms with Crippen LogP contribution in [0.15, 0.2) is 49.1 Å². The number of amides is 1. The summed E-state index contributed by atoms with van der Waals surface area (Å²) in [6.45, 7) is 14.8. The smallest absolute Gasteiger partial charge is 0.417 e. The van der Waals surface area contributed by atoms with E-state index in [0.29, 0.717) is 61.8 Å². The van der Waals surface area contributed by atoms with Crippen LogP contribution in [0.3, 0.4) is 0 Å². The van der Waals surface area contributed by atoms with Crippen LogP contribution in [-0.2, 0) is 23.9 Å². The zero-order valence-corrected chi connectivity index (χ0v) is 25.3. The molecule has 1 aromatic heterocycles. The summed E-state index contributed by atoms with van der Waals surface area (Å²) in [4.78, 5) is 33.8. The number of piperazine rings is 1. The van der Waals surface area contributed by atoms with Crippen LogP contribution in [0.25, 0.3) is 15.6 Å². The summed E-state index contributed by atoms with van der Waals surface area (Å²) < 4.78 is 48.6. The van der Waals surface area contributed by atoms with Gasteiger partial charge in [-0.15, -0.1) is 0 Å². The Morgan fingerprint density at radius 2 is 1.91 bits per heavy atom. The van der Waals surface area contributed by atoms with Crippen molar-refractivity contribution in [2.45, 2.75) is 44.1 Å². The number of nitrogens with zero attached hydrogens (tertiary/aromatic N) is 7. The van der Waals surface area contributed by atoms with Gasteiger partial charge < -0.3 is 29.2 Å². The Labute approximate surface area is 260 Å². The molecule has 0 aliphatic carbocycles. The predicted molar refractivity (Wildman–Crippen MR) is 166 cm³/mol. The Bertz CT molecular complexity index is 1630. The van der Waals surface area contributed by atoms with Crippen molar-refractivity contribution in [2.24, 2.45) is 0 Å². The van der Waals surface area contributed by atoms with E-state index in [1.54, 1.807) is 29.2 Å². The molecule has 12 heteroatoms. The zero-order valence-electron chi connectivity index (χ0n) is 25.3. The number of likely N-dealkylation sites (tertiary alicyclic amines) is 1. The minimum atomic E-state index is -4.50. The van der Waals surface area contributed by atoms with E-state index in [4.69, 9.17) is 21.3 Å². The van der Waals surface area contributed by atoms with Crippen molar-refractivity contribution in [3.63, 3.8) is 0 Å². The average Bonchev–Trinajstić information content (AvgIpc) is 3.46. The number of carbonyl (C=O) groups excluding carboxylic acids is 1. The quantitative estimate of drug-likeness (QED) is 0.278. The molecule has 45 heavy (non-hydrogen) atoms. The molecular weight excluding hydrogens is 583 g/mol. The highest BCUT2D eigenvalue weighted by molar-refractivity contribution is 5.97. The van der Waals surface area contributed by atoms with Crippen LogP contribution in [0.4, 0.5) is 24.7 Å². The van der Waals surface area contributed by atoms with Gasteiger partial charge in [-0.25, -0.2) is 6.57 Å². The van der Waals surface area contributed by atoms with Crippen LogP contribution in [0.2, 0.25) is 0 Å². The lowest BCUT2D eigenvalue weighted by atomic mass is 9.98. The van der Waals surface area contributed by atoms with Crippen molar-refractivity contribution in [1.29, 1.82) is 0 Å². The van der Waals surface area contributed by atoms with E-state index in [9.17, 15) is 18.0 Å². The second-order valence-electron chi connectivity index (χ2n) is 11.9. The van der Waals surface area contributed by atoms with Crippen LogP contribution < -0.4 is 14.5 Å². The lowest BCUT2D eigenvalue weighted by molar-refractivity contribution is -0.136. The molecule has 3 aromatic rings. The molecule has 2 saturated heterocycles. The molecule has 0 spiro atoms. The molecule has 0 bridgehead atoms. The minimum Gasteiger partial charge on any atom is -0.462 e. The lowest BCUT2D eigenvalue weighted by Gasteiger charge is -2.41. The predicted octanol–water partition coefficient (Wildman–Crippen LogP) is 4.81. The topological polar surface area (TPSA) is 69.4 Å². The van der Waals surface area contributed by atoms with Crippen molar-refractivity contribution < 1.29 is 22.7 Å². The lowest BCUT2D eigenvalue weighted by Crippen LogP contribution is -2.56. The van der Waals surface area contributed by atoms with Gasteiger partial charge in [0.2, 0.25) is 12.5 Å². The van der Waals surface area contributed by atoms with Gasteiger partial charge in [-0.1, -0.05) is 30.8 Å². The highest BCUT2D eigenvalue weighted by Crippen LogP contribution is 2.41. The van der Waals surface area contributed by atoms with Gasteiger partial charge in [0.15, 0.2) is 0 Å². The van der Waals surface area contributed by atoms with Crippen molar-refractivity contribution in [1.82, 2.24) is 19.8 Å². The summed E-state index contributed by atoms with van der Waals surface area (Å²) in [5, 5.41) is 0.704. The number of ether oxygens (including phenoxy) is 1. The number of anilines is 2. The van der Waals surface area contributed by atoms with Gasteiger partial charge >= 0.3 is 12.2 Å². The van der Waals surface area contributed by atoms with Crippen molar-refractivity contribution in [3.8, 4) is 6.01 Å². The summed E-state index contributed by atoms with van der Waals surface area (Å²) in [6, 6.07) is 9.64. The monoisotopic (exact) mass is 619 g/mol. The number of benzene rings is 2. The normalized spacial score (nSPS) is 20.6. The Morgan fingerprint density at radius 3 is 2.62 bits per heavy atom. The van der Waals surface area contributed by atoms with E-state index in [0.717, 1.165) is 31.0 Å². The fourth-order valence-corrected chi connectivity index (χ4v) is 6.82. The molecule has 3 aliphatic rings. The molecule has 3 aliphatic heterocycles. The SMILES string of the molecule is [C-]#[N+]C[C@H]1CN(c2nc(OC[C@@H]3CCCN3C)nc3c2CCN(c2cccc4cccc(C(F)(F)F)c24)C3)CCN1C(=O)C=C. The van der Waals surface area contributed by atoms with Crippen molar-refractivity contribution >= 4 is 28.2 Å².